The van der Waals surface area contributed by atoms with Crippen LogP contribution >= 0.6 is 23.2 Å². The van der Waals surface area contributed by atoms with E-state index < -0.39 is 6.04 Å². The van der Waals surface area contributed by atoms with Crippen LogP contribution in [-0.4, -0.2) is 35.9 Å². The highest BCUT2D eigenvalue weighted by atomic mass is 35.5. The highest BCUT2D eigenvalue weighted by Crippen LogP contribution is 2.25. The van der Waals surface area contributed by atoms with Crippen molar-refractivity contribution in [3.05, 3.63) is 99.0 Å². The monoisotopic (exact) mass is 540 g/mol. The van der Waals surface area contributed by atoms with E-state index in [1.54, 1.807) is 23.1 Å². The SMILES string of the molecule is Cc1ccc(C)c(OCC(=O)N(Cc2ccc(Cl)cc2Cl)[C@@H](Cc2ccccc2)C(=O)NCC(C)C)c1. The summed E-state index contributed by atoms with van der Waals surface area (Å²) in [5, 5.41) is 3.94. The zero-order valence-corrected chi connectivity index (χ0v) is 23.3. The molecule has 2 amide bonds. The maximum absolute atomic E-state index is 13.7. The summed E-state index contributed by atoms with van der Waals surface area (Å²) >= 11 is 12.6. The lowest BCUT2D eigenvalue weighted by atomic mass is 10.0. The van der Waals surface area contributed by atoms with Crippen LogP contribution in [-0.2, 0) is 22.6 Å². The number of nitrogens with one attached hydrogen (secondary N) is 1. The van der Waals surface area contributed by atoms with Gasteiger partial charge >= 0.3 is 0 Å². The van der Waals surface area contributed by atoms with Gasteiger partial charge in [0.25, 0.3) is 5.91 Å². The molecule has 0 aliphatic rings. The van der Waals surface area contributed by atoms with Gasteiger partial charge in [0.1, 0.15) is 11.8 Å². The van der Waals surface area contributed by atoms with E-state index in [1.165, 1.54) is 0 Å². The number of halogens is 2. The van der Waals surface area contributed by atoms with Gasteiger partial charge in [-0.1, -0.05) is 85.6 Å². The molecule has 0 aliphatic heterocycles. The standard InChI is InChI=1S/C30H34Cl2N2O3/c1-20(2)17-33-30(36)27(15-23-8-6-5-7-9-23)34(18-24-12-13-25(31)16-26(24)32)29(35)19-37-28-14-21(3)10-11-22(28)4/h5-14,16,20,27H,15,17-19H2,1-4H3,(H,33,36)/t27-/m0/s1. The van der Waals surface area contributed by atoms with Crippen LogP contribution in [0.2, 0.25) is 10.0 Å². The lowest BCUT2D eigenvalue weighted by molar-refractivity contribution is -0.142. The van der Waals surface area contributed by atoms with Crippen LogP contribution in [0.1, 0.15) is 36.1 Å². The normalized spacial score (nSPS) is 11.8. The number of ether oxygens (including phenoxy) is 1. The molecule has 0 saturated heterocycles. The van der Waals surface area contributed by atoms with Crippen LogP contribution in [0.15, 0.2) is 66.7 Å². The van der Waals surface area contributed by atoms with Gasteiger partial charge < -0.3 is 15.0 Å². The Morgan fingerprint density at radius 2 is 1.70 bits per heavy atom. The molecule has 0 heterocycles. The Labute approximate surface area is 229 Å². The zero-order chi connectivity index (χ0) is 26.9. The Morgan fingerprint density at radius 3 is 2.38 bits per heavy atom. The molecule has 0 fully saturated rings. The highest BCUT2D eigenvalue weighted by Gasteiger charge is 2.31. The molecule has 0 aromatic heterocycles. The van der Waals surface area contributed by atoms with Gasteiger partial charge in [0.05, 0.1) is 0 Å². The number of carbonyl (C=O) groups excluding carboxylic acids is 2. The van der Waals surface area contributed by atoms with Crippen LogP contribution in [0.5, 0.6) is 5.75 Å². The average Bonchev–Trinajstić information content (AvgIpc) is 2.86. The van der Waals surface area contributed by atoms with Crippen molar-refractivity contribution in [3.63, 3.8) is 0 Å². The maximum Gasteiger partial charge on any atom is 0.261 e. The number of carbonyl (C=O) groups is 2. The summed E-state index contributed by atoms with van der Waals surface area (Å²) in [7, 11) is 0. The summed E-state index contributed by atoms with van der Waals surface area (Å²) in [4.78, 5) is 28.8. The minimum Gasteiger partial charge on any atom is -0.483 e. The summed E-state index contributed by atoms with van der Waals surface area (Å²) in [6.07, 6.45) is 0.352. The maximum atomic E-state index is 13.7. The predicted octanol–water partition coefficient (Wildman–Crippen LogP) is 6.40. The number of aryl methyl sites for hydroxylation is 2. The van der Waals surface area contributed by atoms with Gasteiger partial charge in [0.2, 0.25) is 5.91 Å². The second-order valence-corrected chi connectivity index (χ2v) is 10.5. The van der Waals surface area contributed by atoms with Gasteiger partial charge in [-0.15, -0.1) is 0 Å². The van der Waals surface area contributed by atoms with Gasteiger partial charge in [-0.3, -0.25) is 9.59 Å². The summed E-state index contributed by atoms with van der Waals surface area (Å²) in [5.41, 5.74) is 3.61. The Hall–Kier alpha value is -3.02. The molecule has 5 nitrogen and oxygen atoms in total. The molecule has 0 bridgehead atoms. The van der Waals surface area contributed by atoms with Crippen molar-refractivity contribution in [1.29, 1.82) is 0 Å². The largest absolute Gasteiger partial charge is 0.483 e. The Kier molecular flexibility index (Phi) is 10.4. The fourth-order valence-electron chi connectivity index (χ4n) is 3.90. The van der Waals surface area contributed by atoms with Crippen molar-refractivity contribution in [2.75, 3.05) is 13.2 Å². The van der Waals surface area contributed by atoms with Crippen LogP contribution in [0, 0.1) is 19.8 Å². The first-order valence-corrected chi connectivity index (χ1v) is 13.1. The molecule has 0 unspecified atom stereocenters. The molecule has 3 aromatic carbocycles. The van der Waals surface area contributed by atoms with Gasteiger partial charge in [0.15, 0.2) is 6.61 Å². The molecule has 37 heavy (non-hydrogen) atoms. The number of amides is 2. The zero-order valence-electron chi connectivity index (χ0n) is 21.8. The first-order valence-electron chi connectivity index (χ1n) is 12.4. The fraction of sp³-hybridized carbons (Fsp3) is 0.333. The van der Waals surface area contributed by atoms with Crippen molar-refractivity contribution in [1.82, 2.24) is 10.2 Å². The van der Waals surface area contributed by atoms with E-state index in [2.05, 4.69) is 5.32 Å². The highest BCUT2D eigenvalue weighted by molar-refractivity contribution is 6.35. The first-order chi connectivity index (χ1) is 17.6. The number of nitrogens with zero attached hydrogens (tertiary/aromatic N) is 1. The number of benzene rings is 3. The Morgan fingerprint density at radius 1 is 0.973 bits per heavy atom. The van der Waals surface area contributed by atoms with E-state index in [4.69, 9.17) is 27.9 Å². The van der Waals surface area contributed by atoms with E-state index in [0.29, 0.717) is 34.3 Å². The third kappa shape index (κ3) is 8.51. The van der Waals surface area contributed by atoms with Crippen molar-refractivity contribution in [2.24, 2.45) is 5.92 Å². The fourth-order valence-corrected chi connectivity index (χ4v) is 4.36. The van der Waals surface area contributed by atoms with Gasteiger partial charge in [0, 0.05) is 29.6 Å². The summed E-state index contributed by atoms with van der Waals surface area (Å²) in [6, 6.07) is 19.9. The quantitative estimate of drug-likeness (QED) is 0.306. The van der Waals surface area contributed by atoms with E-state index in [-0.39, 0.29) is 30.9 Å². The van der Waals surface area contributed by atoms with Crippen LogP contribution in [0.25, 0.3) is 0 Å². The molecule has 3 aromatic rings. The van der Waals surface area contributed by atoms with E-state index in [0.717, 1.165) is 16.7 Å². The molecular weight excluding hydrogens is 507 g/mol. The Balaban J connectivity index is 1.95. The smallest absolute Gasteiger partial charge is 0.261 e. The molecular formula is C30H34Cl2N2O3. The van der Waals surface area contributed by atoms with Crippen molar-refractivity contribution in [2.45, 2.75) is 46.7 Å². The molecule has 0 radical (unpaired) electrons. The third-order valence-electron chi connectivity index (χ3n) is 6.01. The van der Waals surface area contributed by atoms with Gasteiger partial charge in [-0.05, 0) is 60.2 Å². The van der Waals surface area contributed by atoms with E-state index in [9.17, 15) is 9.59 Å². The molecule has 0 aliphatic carbocycles. The molecule has 7 heteroatoms. The molecule has 0 spiro atoms. The lowest BCUT2D eigenvalue weighted by Crippen LogP contribution is -2.52. The van der Waals surface area contributed by atoms with Crippen molar-refractivity contribution < 1.29 is 14.3 Å². The number of rotatable bonds is 11. The molecule has 196 valence electrons. The minimum absolute atomic E-state index is 0.137. The van der Waals surface area contributed by atoms with Gasteiger partial charge in [-0.25, -0.2) is 0 Å². The first kappa shape index (κ1) is 28.5. The van der Waals surface area contributed by atoms with Crippen molar-refractivity contribution in [3.8, 4) is 5.75 Å². The molecule has 3 rings (SSSR count). The minimum atomic E-state index is -0.761. The van der Waals surface area contributed by atoms with Crippen LogP contribution in [0.4, 0.5) is 0 Å². The average molecular weight is 542 g/mol. The molecule has 0 saturated carbocycles. The van der Waals surface area contributed by atoms with Crippen molar-refractivity contribution >= 4 is 35.0 Å². The lowest BCUT2D eigenvalue weighted by Gasteiger charge is -2.32. The molecule has 1 N–H and O–H groups in total. The predicted molar refractivity (Wildman–Crippen MR) is 150 cm³/mol. The second-order valence-electron chi connectivity index (χ2n) is 9.66. The molecule has 1 atom stereocenters. The van der Waals surface area contributed by atoms with E-state index >= 15 is 0 Å². The number of hydrogen-bond acceptors (Lipinski definition) is 3. The third-order valence-corrected chi connectivity index (χ3v) is 6.59. The summed E-state index contributed by atoms with van der Waals surface area (Å²) < 4.78 is 5.95. The number of hydrogen-bond donors (Lipinski definition) is 1. The summed E-state index contributed by atoms with van der Waals surface area (Å²) in [5.74, 6) is 0.376. The van der Waals surface area contributed by atoms with Crippen LogP contribution < -0.4 is 10.1 Å². The Bertz CT molecular complexity index is 1210. The van der Waals surface area contributed by atoms with Gasteiger partial charge in [-0.2, -0.15) is 0 Å². The summed E-state index contributed by atoms with van der Waals surface area (Å²) in [6.45, 7) is 8.39. The van der Waals surface area contributed by atoms with E-state index in [1.807, 2.05) is 76.2 Å². The topological polar surface area (TPSA) is 58.6 Å². The second kappa shape index (κ2) is 13.5. The van der Waals surface area contributed by atoms with Crippen LogP contribution in [0.3, 0.4) is 0 Å².